The molecule has 2 heterocycles. The van der Waals surface area contributed by atoms with E-state index in [9.17, 15) is 0 Å². The van der Waals surface area contributed by atoms with Gasteiger partial charge in [0.25, 0.3) is 0 Å². The Bertz CT molecular complexity index is 151. The van der Waals surface area contributed by atoms with E-state index in [1.165, 1.54) is 42.4 Å². The topological polar surface area (TPSA) is 3.24 Å². The Morgan fingerprint density at radius 3 is 2.54 bits per heavy atom. The van der Waals surface area contributed by atoms with Crippen molar-refractivity contribution in [2.75, 3.05) is 36.6 Å². The second-order valence-electron chi connectivity index (χ2n) is 4.19. The van der Waals surface area contributed by atoms with Gasteiger partial charge in [-0.05, 0) is 43.1 Å². The van der Waals surface area contributed by atoms with Crippen molar-refractivity contribution >= 4 is 23.5 Å². The second-order valence-corrected chi connectivity index (χ2v) is 6.49. The van der Waals surface area contributed by atoms with Crippen LogP contribution >= 0.6 is 23.5 Å². The maximum absolute atomic E-state index is 2.61. The predicted octanol–water partition coefficient (Wildman–Crippen LogP) is 2.18. The fraction of sp³-hybridized carbons (Fsp3) is 1.00. The summed E-state index contributed by atoms with van der Waals surface area (Å²) < 4.78 is 0. The van der Waals surface area contributed by atoms with Gasteiger partial charge in [-0.3, -0.25) is 0 Å². The number of rotatable bonds is 3. The second kappa shape index (κ2) is 4.94. The number of hydrogen-bond donors (Lipinski definition) is 0. The van der Waals surface area contributed by atoms with E-state index in [4.69, 9.17) is 0 Å². The molecule has 2 rings (SSSR count). The van der Waals surface area contributed by atoms with Crippen LogP contribution in [0.25, 0.3) is 0 Å². The van der Waals surface area contributed by atoms with Crippen LogP contribution in [0.1, 0.15) is 12.8 Å². The minimum Gasteiger partial charge on any atom is -0.302 e. The molecule has 1 nitrogen and oxygen atoms in total. The molecule has 2 unspecified atom stereocenters. The van der Waals surface area contributed by atoms with E-state index in [2.05, 4.69) is 35.5 Å². The highest BCUT2D eigenvalue weighted by atomic mass is 32.2. The lowest BCUT2D eigenvalue weighted by Crippen LogP contribution is -2.35. The molecule has 0 aromatic carbocycles. The van der Waals surface area contributed by atoms with Gasteiger partial charge in [0, 0.05) is 18.3 Å². The summed E-state index contributed by atoms with van der Waals surface area (Å²) in [6.07, 6.45) is 2.87. The van der Waals surface area contributed by atoms with Crippen LogP contribution < -0.4 is 0 Å². The average Bonchev–Trinajstić information content (AvgIpc) is 2.74. The largest absolute Gasteiger partial charge is 0.302 e. The Morgan fingerprint density at radius 2 is 1.92 bits per heavy atom. The Morgan fingerprint density at radius 1 is 1.15 bits per heavy atom. The minimum atomic E-state index is 0.885. The van der Waals surface area contributed by atoms with Gasteiger partial charge in [0.1, 0.15) is 0 Å². The van der Waals surface area contributed by atoms with Crippen molar-refractivity contribution in [1.29, 1.82) is 0 Å². The molecule has 2 saturated heterocycles. The Kier molecular flexibility index (Phi) is 3.87. The van der Waals surface area contributed by atoms with Gasteiger partial charge in [-0.1, -0.05) is 0 Å². The molecule has 2 aliphatic rings. The van der Waals surface area contributed by atoms with Crippen LogP contribution in [0.15, 0.2) is 0 Å². The Balaban J connectivity index is 1.73. The highest BCUT2D eigenvalue weighted by Crippen LogP contribution is 2.27. The highest BCUT2D eigenvalue weighted by molar-refractivity contribution is 7.99. The first-order valence-electron chi connectivity index (χ1n) is 5.22. The van der Waals surface area contributed by atoms with Crippen molar-refractivity contribution in [3.8, 4) is 0 Å². The normalized spacial score (nSPS) is 34.6. The van der Waals surface area contributed by atoms with E-state index < -0.39 is 0 Å². The van der Waals surface area contributed by atoms with Crippen LogP contribution in [0.5, 0.6) is 0 Å². The number of hydrogen-bond acceptors (Lipinski definition) is 3. The summed E-state index contributed by atoms with van der Waals surface area (Å²) in [5.74, 6) is 6.55. The molecular formula is C10H19NS2. The molecular weight excluding hydrogens is 198 g/mol. The van der Waals surface area contributed by atoms with Gasteiger partial charge in [-0.15, -0.1) is 0 Å². The van der Waals surface area contributed by atoms with Crippen molar-refractivity contribution in [2.24, 2.45) is 5.92 Å². The molecule has 2 atom stereocenters. The summed E-state index contributed by atoms with van der Waals surface area (Å²) in [5, 5.41) is 0. The highest BCUT2D eigenvalue weighted by Gasteiger charge is 2.24. The lowest BCUT2D eigenvalue weighted by molar-refractivity contribution is 0.230. The SMILES string of the molecule is CN(CC1CCSC1)C1CCSC1. The van der Waals surface area contributed by atoms with E-state index in [1.807, 2.05) is 0 Å². The lowest BCUT2D eigenvalue weighted by Gasteiger charge is -2.26. The number of thioether (sulfide) groups is 2. The van der Waals surface area contributed by atoms with Gasteiger partial charge in [0.05, 0.1) is 0 Å². The molecule has 0 N–H and O–H groups in total. The molecule has 0 amide bonds. The molecule has 0 radical (unpaired) electrons. The smallest absolute Gasteiger partial charge is 0.0191 e. The van der Waals surface area contributed by atoms with Crippen LogP contribution in [0.2, 0.25) is 0 Å². The van der Waals surface area contributed by atoms with Crippen molar-refractivity contribution in [2.45, 2.75) is 18.9 Å². The van der Waals surface area contributed by atoms with Crippen LogP contribution in [0, 0.1) is 5.92 Å². The van der Waals surface area contributed by atoms with Crippen LogP contribution in [-0.2, 0) is 0 Å². The quantitative estimate of drug-likeness (QED) is 0.713. The molecule has 76 valence electrons. The van der Waals surface area contributed by atoms with E-state index >= 15 is 0 Å². The van der Waals surface area contributed by atoms with Gasteiger partial charge in [-0.25, -0.2) is 0 Å². The molecule has 0 bridgehead atoms. The van der Waals surface area contributed by atoms with Crippen molar-refractivity contribution < 1.29 is 0 Å². The fourth-order valence-corrected chi connectivity index (χ4v) is 4.72. The van der Waals surface area contributed by atoms with Gasteiger partial charge in [0.15, 0.2) is 0 Å². The van der Waals surface area contributed by atoms with Crippen molar-refractivity contribution in [1.82, 2.24) is 4.90 Å². The number of nitrogens with zero attached hydrogens (tertiary/aromatic N) is 1. The first-order chi connectivity index (χ1) is 6.36. The minimum absolute atomic E-state index is 0.885. The standard InChI is InChI=1S/C10H19NS2/c1-11(10-3-5-13-8-10)6-9-2-4-12-7-9/h9-10H,2-8H2,1H3. The van der Waals surface area contributed by atoms with E-state index in [-0.39, 0.29) is 0 Å². The summed E-state index contributed by atoms with van der Waals surface area (Å²) >= 11 is 4.26. The van der Waals surface area contributed by atoms with E-state index in [1.54, 1.807) is 0 Å². The lowest BCUT2D eigenvalue weighted by atomic mass is 10.1. The fourth-order valence-electron chi connectivity index (χ4n) is 2.15. The monoisotopic (exact) mass is 217 g/mol. The maximum Gasteiger partial charge on any atom is 0.0191 e. The first-order valence-corrected chi connectivity index (χ1v) is 7.53. The molecule has 2 fully saturated rings. The predicted molar refractivity (Wildman–Crippen MR) is 63.8 cm³/mol. The summed E-state index contributed by atoms with van der Waals surface area (Å²) in [7, 11) is 2.32. The Labute approximate surface area is 90.0 Å². The zero-order valence-corrected chi connectivity index (χ0v) is 10.0. The first kappa shape index (κ1) is 10.2. The van der Waals surface area contributed by atoms with E-state index in [0.29, 0.717) is 0 Å². The van der Waals surface area contributed by atoms with Gasteiger partial charge in [0.2, 0.25) is 0 Å². The van der Waals surface area contributed by atoms with Crippen LogP contribution in [0.3, 0.4) is 0 Å². The zero-order chi connectivity index (χ0) is 9.10. The summed E-state index contributed by atoms with van der Waals surface area (Å²) in [6, 6.07) is 0.885. The van der Waals surface area contributed by atoms with Crippen molar-refractivity contribution in [3.05, 3.63) is 0 Å². The molecule has 2 aliphatic heterocycles. The average molecular weight is 217 g/mol. The van der Waals surface area contributed by atoms with Gasteiger partial charge in [-0.2, -0.15) is 23.5 Å². The van der Waals surface area contributed by atoms with E-state index in [0.717, 1.165) is 12.0 Å². The summed E-state index contributed by atoms with van der Waals surface area (Å²) in [5.41, 5.74) is 0. The van der Waals surface area contributed by atoms with Gasteiger partial charge < -0.3 is 4.90 Å². The van der Waals surface area contributed by atoms with Gasteiger partial charge >= 0.3 is 0 Å². The molecule has 0 aliphatic carbocycles. The van der Waals surface area contributed by atoms with Crippen LogP contribution in [0.4, 0.5) is 0 Å². The molecule has 0 aromatic heterocycles. The Hall–Kier alpha value is 0.660. The van der Waals surface area contributed by atoms with Crippen molar-refractivity contribution in [3.63, 3.8) is 0 Å². The third kappa shape index (κ3) is 2.80. The summed E-state index contributed by atoms with van der Waals surface area (Å²) in [4.78, 5) is 2.61. The third-order valence-corrected chi connectivity index (χ3v) is 5.48. The zero-order valence-electron chi connectivity index (χ0n) is 8.37. The van der Waals surface area contributed by atoms with Crippen LogP contribution in [-0.4, -0.2) is 47.5 Å². The third-order valence-electron chi connectivity index (χ3n) is 3.10. The maximum atomic E-state index is 2.61. The summed E-state index contributed by atoms with van der Waals surface area (Å²) in [6.45, 7) is 1.35. The molecule has 0 saturated carbocycles. The molecule has 13 heavy (non-hydrogen) atoms. The molecule has 0 aromatic rings. The molecule has 3 heteroatoms. The molecule has 0 spiro atoms.